The molecule has 0 fully saturated rings. The highest BCUT2D eigenvalue weighted by atomic mass is 35.5. The van der Waals surface area contributed by atoms with E-state index in [9.17, 15) is 9.90 Å². The molecule has 142 valence electrons. The number of esters is 1. The molecule has 2 aromatic carbocycles. The molecule has 0 aliphatic rings. The molecule has 1 aromatic heterocycles. The molecule has 0 aliphatic heterocycles. The first-order valence-corrected chi connectivity index (χ1v) is 8.90. The molecular formula is C20H22ClN3O3. The smallest absolute Gasteiger partial charge is 0.340 e. The number of hydrogen-bond acceptors (Lipinski definition) is 5. The van der Waals surface area contributed by atoms with Crippen LogP contribution in [0.25, 0.3) is 11.0 Å². The number of aromatic nitrogens is 3. The molecule has 7 heteroatoms. The summed E-state index contributed by atoms with van der Waals surface area (Å²) in [5.41, 5.74) is 0.996. The van der Waals surface area contributed by atoms with Crippen molar-refractivity contribution in [2.45, 2.75) is 38.6 Å². The van der Waals surface area contributed by atoms with E-state index >= 15 is 0 Å². The van der Waals surface area contributed by atoms with Crippen LogP contribution in [0.1, 0.15) is 38.8 Å². The average molecular weight is 388 g/mol. The molecule has 0 spiro atoms. The summed E-state index contributed by atoms with van der Waals surface area (Å²) in [5, 5.41) is 19.5. The van der Waals surface area contributed by atoms with E-state index in [1.807, 2.05) is 20.8 Å². The van der Waals surface area contributed by atoms with E-state index in [2.05, 4.69) is 10.2 Å². The van der Waals surface area contributed by atoms with Crippen LogP contribution >= 0.6 is 11.6 Å². The number of methoxy groups -OCH3 is 1. The summed E-state index contributed by atoms with van der Waals surface area (Å²) in [6.45, 7) is 7.74. The standard InChI is InChI=1S/C20H22ClN3O3/c1-19(2,3)15-11-13(25)7-8-14(15)20(4,18(26)27-5)24-22-16-9-6-12(21)10-17(16)23-24/h6-11,25H,1-5H3. The van der Waals surface area contributed by atoms with Gasteiger partial charge in [-0.1, -0.05) is 38.4 Å². The molecule has 0 saturated heterocycles. The molecule has 1 unspecified atom stereocenters. The van der Waals surface area contributed by atoms with Crippen LogP contribution in [0.5, 0.6) is 5.75 Å². The zero-order valence-corrected chi connectivity index (χ0v) is 16.7. The van der Waals surface area contributed by atoms with Gasteiger partial charge in [0, 0.05) is 5.02 Å². The van der Waals surface area contributed by atoms with Gasteiger partial charge in [-0.25, -0.2) is 4.79 Å². The van der Waals surface area contributed by atoms with Crippen molar-refractivity contribution in [1.29, 1.82) is 0 Å². The predicted molar refractivity (Wildman–Crippen MR) is 104 cm³/mol. The summed E-state index contributed by atoms with van der Waals surface area (Å²) in [4.78, 5) is 14.3. The Hall–Kier alpha value is -2.60. The van der Waals surface area contributed by atoms with Gasteiger partial charge in [-0.05, 0) is 53.8 Å². The average Bonchev–Trinajstić information content (AvgIpc) is 3.03. The van der Waals surface area contributed by atoms with Gasteiger partial charge in [0.2, 0.25) is 5.54 Å². The Morgan fingerprint density at radius 3 is 2.33 bits per heavy atom. The maximum absolute atomic E-state index is 12.9. The molecule has 1 N–H and O–H groups in total. The zero-order chi connectivity index (χ0) is 20.0. The minimum absolute atomic E-state index is 0.126. The fraction of sp³-hybridized carbons (Fsp3) is 0.350. The summed E-state index contributed by atoms with van der Waals surface area (Å²) < 4.78 is 5.11. The third kappa shape index (κ3) is 3.25. The summed E-state index contributed by atoms with van der Waals surface area (Å²) in [7, 11) is 1.33. The number of carbonyl (C=O) groups is 1. The van der Waals surface area contributed by atoms with E-state index < -0.39 is 11.5 Å². The molecule has 6 nitrogen and oxygen atoms in total. The number of nitrogens with zero attached hydrogens (tertiary/aromatic N) is 3. The second kappa shape index (κ2) is 6.53. The normalized spacial score (nSPS) is 14.1. The molecule has 0 aliphatic carbocycles. The molecule has 0 bridgehead atoms. The molecule has 0 amide bonds. The van der Waals surface area contributed by atoms with Crippen LogP contribution < -0.4 is 0 Å². The number of carbonyl (C=O) groups excluding carboxylic acids is 1. The van der Waals surface area contributed by atoms with E-state index in [-0.39, 0.29) is 11.2 Å². The van der Waals surface area contributed by atoms with Crippen molar-refractivity contribution >= 4 is 28.6 Å². The van der Waals surface area contributed by atoms with Crippen LogP contribution in [0, 0.1) is 0 Å². The summed E-state index contributed by atoms with van der Waals surface area (Å²) in [6, 6.07) is 10.1. The van der Waals surface area contributed by atoms with E-state index in [1.165, 1.54) is 11.9 Å². The maximum Gasteiger partial charge on any atom is 0.340 e. The number of phenolic OH excluding ortho intramolecular Hbond substituents is 1. The molecule has 1 atom stereocenters. The zero-order valence-electron chi connectivity index (χ0n) is 15.9. The Balaban J connectivity index is 2.32. The number of phenols is 1. The van der Waals surface area contributed by atoms with Gasteiger partial charge < -0.3 is 9.84 Å². The monoisotopic (exact) mass is 387 g/mol. The van der Waals surface area contributed by atoms with Crippen molar-refractivity contribution in [2.75, 3.05) is 7.11 Å². The topological polar surface area (TPSA) is 77.2 Å². The second-order valence-corrected chi connectivity index (χ2v) is 8.10. The summed E-state index contributed by atoms with van der Waals surface area (Å²) in [5.74, 6) is -0.383. The van der Waals surface area contributed by atoms with Crippen molar-refractivity contribution in [2.24, 2.45) is 0 Å². The van der Waals surface area contributed by atoms with Crippen LogP contribution in [0.15, 0.2) is 36.4 Å². The summed E-state index contributed by atoms with van der Waals surface area (Å²) in [6.07, 6.45) is 0. The van der Waals surface area contributed by atoms with Crippen LogP contribution in [0.4, 0.5) is 0 Å². The van der Waals surface area contributed by atoms with Crippen molar-refractivity contribution in [3.63, 3.8) is 0 Å². The van der Waals surface area contributed by atoms with Crippen LogP contribution in [0.3, 0.4) is 0 Å². The van der Waals surface area contributed by atoms with Gasteiger partial charge in [0.1, 0.15) is 16.8 Å². The Bertz CT molecular complexity index is 1020. The molecule has 1 heterocycles. The third-order valence-corrected chi connectivity index (χ3v) is 4.90. The highest BCUT2D eigenvalue weighted by molar-refractivity contribution is 6.31. The van der Waals surface area contributed by atoms with Crippen LogP contribution in [0.2, 0.25) is 5.02 Å². The van der Waals surface area contributed by atoms with Crippen molar-refractivity contribution < 1.29 is 14.6 Å². The number of fused-ring (bicyclic) bond motifs is 1. The van der Waals surface area contributed by atoms with Gasteiger partial charge in [0.05, 0.1) is 7.11 Å². The van der Waals surface area contributed by atoms with Crippen LogP contribution in [-0.4, -0.2) is 33.2 Å². The lowest BCUT2D eigenvalue weighted by Gasteiger charge is -2.32. The first-order valence-electron chi connectivity index (χ1n) is 8.53. The number of ether oxygens (including phenoxy) is 1. The fourth-order valence-electron chi connectivity index (χ4n) is 3.16. The number of benzene rings is 2. The predicted octanol–water partition coefficient (Wildman–Crippen LogP) is 4.02. The van der Waals surface area contributed by atoms with Gasteiger partial charge in [0.15, 0.2) is 0 Å². The lowest BCUT2D eigenvalue weighted by molar-refractivity contribution is -0.149. The van der Waals surface area contributed by atoms with Gasteiger partial charge in [-0.3, -0.25) is 0 Å². The minimum Gasteiger partial charge on any atom is -0.508 e. The number of rotatable bonds is 3. The SMILES string of the molecule is COC(=O)C(C)(c1ccc(O)cc1C(C)(C)C)n1nc2ccc(Cl)cc2n1. The van der Waals surface area contributed by atoms with E-state index in [4.69, 9.17) is 16.3 Å². The Labute approximate surface area is 162 Å². The molecule has 0 radical (unpaired) electrons. The van der Waals surface area contributed by atoms with Gasteiger partial charge >= 0.3 is 5.97 Å². The van der Waals surface area contributed by atoms with Crippen molar-refractivity contribution in [1.82, 2.24) is 15.0 Å². The lowest BCUT2D eigenvalue weighted by Crippen LogP contribution is -2.44. The van der Waals surface area contributed by atoms with Crippen molar-refractivity contribution in [3.05, 3.63) is 52.5 Å². The second-order valence-electron chi connectivity index (χ2n) is 7.67. The molecule has 3 rings (SSSR count). The third-order valence-electron chi connectivity index (χ3n) is 4.66. The number of aromatic hydroxyl groups is 1. The largest absolute Gasteiger partial charge is 0.508 e. The molecule has 0 saturated carbocycles. The lowest BCUT2D eigenvalue weighted by atomic mass is 9.77. The van der Waals surface area contributed by atoms with Crippen LogP contribution in [-0.2, 0) is 20.5 Å². The van der Waals surface area contributed by atoms with E-state index in [0.29, 0.717) is 21.6 Å². The highest BCUT2D eigenvalue weighted by Crippen LogP contribution is 2.37. The first-order chi connectivity index (χ1) is 12.6. The first kappa shape index (κ1) is 19.2. The molecule has 27 heavy (non-hydrogen) atoms. The van der Waals surface area contributed by atoms with E-state index in [0.717, 1.165) is 5.56 Å². The minimum atomic E-state index is -1.32. The highest BCUT2D eigenvalue weighted by Gasteiger charge is 2.44. The Kier molecular flexibility index (Phi) is 4.64. The van der Waals surface area contributed by atoms with E-state index in [1.54, 1.807) is 43.3 Å². The number of hydrogen-bond donors (Lipinski definition) is 1. The Morgan fingerprint density at radius 2 is 1.70 bits per heavy atom. The fourth-order valence-corrected chi connectivity index (χ4v) is 3.33. The van der Waals surface area contributed by atoms with Crippen molar-refractivity contribution in [3.8, 4) is 5.75 Å². The molecule has 3 aromatic rings. The number of halogens is 1. The van der Waals surface area contributed by atoms with Gasteiger partial charge in [-0.2, -0.15) is 15.0 Å². The maximum atomic E-state index is 12.9. The quantitative estimate of drug-likeness (QED) is 0.686. The summed E-state index contributed by atoms with van der Waals surface area (Å²) >= 11 is 6.06. The van der Waals surface area contributed by atoms with Gasteiger partial charge in [0.25, 0.3) is 0 Å². The van der Waals surface area contributed by atoms with Gasteiger partial charge in [-0.15, -0.1) is 0 Å². The molecular weight excluding hydrogens is 366 g/mol. The Morgan fingerprint density at radius 1 is 1.04 bits per heavy atom.